The Morgan fingerprint density at radius 3 is 2.58 bits per heavy atom. The number of aromatic nitrogens is 1. The van der Waals surface area contributed by atoms with Crippen molar-refractivity contribution in [3.63, 3.8) is 0 Å². The average molecular weight is 447 g/mol. The van der Waals surface area contributed by atoms with Crippen LogP contribution in [0.1, 0.15) is 21.5 Å². The number of fused-ring (bicyclic) bond motifs is 4. The zero-order valence-electron chi connectivity index (χ0n) is 18.2. The van der Waals surface area contributed by atoms with E-state index in [-0.39, 0.29) is 0 Å². The second kappa shape index (κ2) is 7.61. The van der Waals surface area contributed by atoms with Crippen molar-refractivity contribution >= 4 is 49.8 Å². The van der Waals surface area contributed by atoms with Crippen LogP contribution >= 0.6 is 11.3 Å². The molecule has 2 heterocycles. The van der Waals surface area contributed by atoms with Crippen molar-refractivity contribution in [3.05, 3.63) is 107 Å². The minimum atomic E-state index is -0.400. The van der Waals surface area contributed by atoms with E-state index in [2.05, 4.69) is 89.7 Å². The van der Waals surface area contributed by atoms with Gasteiger partial charge < -0.3 is 10.3 Å². The Bertz CT molecular complexity index is 1680. The van der Waals surface area contributed by atoms with E-state index in [0.717, 1.165) is 21.8 Å². The molecule has 0 saturated heterocycles. The molecule has 4 heteroatoms. The molecule has 0 aliphatic carbocycles. The van der Waals surface area contributed by atoms with Crippen molar-refractivity contribution in [2.24, 2.45) is 5.73 Å². The summed E-state index contributed by atoms with van der Waals surface area (Å²) in [5.74, 6) is -0.400. The fourth-order valence-electron chi connectivity index (χ4n) is 4.93. The maximum Gasteiger partial charge on any atom is 0.249 e. The van der Waals surface area contributed by atoms with Gasteiger partial charge in [-0.05, 0) is 64.0 Å². The topological polar surface area (TPSA) is 48.0 Å². The number of nitrogens with two attached hydrogens (primary N) is 1. The summed E-state index contributed by atoms with van der Waals surface area (Å²) in [7, 11) is 0. The van der Waals surface area contributed by atoms with E-state index in [4.69, 9.17) is 5.73 Å². The number of benzene rings is 4. The van der Waals surface area contributed by atoms with Gasteiger partial charge in [-0.25, -0.2) is 0 Å². The number of carbonyl (C=O) groups is 1. The van der Waals surface area contributed by atoms with Crippen molar-refractivity contribution in [2.75, 3.05) is 0 Å². The van der Waals surface area contributed by atoms with Crippen LogP contribution in [0.5, 0.6) is 0 Å². The van der Waals surface area contributed by atoms with Gasteiger partial charge in [0, 0.05) is 27.8 Å². The van der Waals surface area contributed by atoms with Crippen LogP contribution in [0.15, 0.2) is 90.3 Å². The molecule has 0 saturated carbocycles. The van der Waals surface area contributed by atoms with Crippen molar-refractivity contribution in [2.45, 2.75) is 13.5 Å². The van der Waals surface area contributed by atoms with E-state index in [1.54, 1.807) is 11.3 Å². The number of thiophene rings is 1. The van der Waals surface area contributed by atoms with Crippen LogP contribution in [-0.4, -0.2) is 10.5 Å². The predicted octanol–water partition coefficient (Wildman–Crippen LogP) is 7.13. The maximum atomic E-state index is 12.3. The Kier molecular flexibility index (Phi) is 4.56. The number of aryl methyl sites for hydroxylation is 1. The summed E-state index contributed by atoms with van der Waals surface area (Å²) >= 11 is 1.73. The fraction of sp³-hybridized carbons (Fsp3) is 0.0690. The second-order valence-electron chi connectivity index (χ2n) is 8.44. The van der Waals surface area contributed by atoms with Gasteiger partial charge in [0.05, 0.1) is 11.0 Å². The molecule has 1 amide bonds. The molecule has 4 aromatic carbocycles. The Morgan fingerprint density at radius 2 is 1.76 bits per heavy atom. The minimum absolute atomic E-state index is 0.400. The van der Waals surface area contributed by atoms with Gasteiger partial charge in [0.1, 0.15) is 0 Å². The summed E-state index contributed by atoms with van der Waals surface area (Å²) in [5, 5.41) is 6.57. The van der Waals surface area contributed by atoms with E-state index in [1.807, 2.05) is 12.1 Å². The number of primary amides is 1. The summed E-state index contributed by atoms with van der Waals surface area (Å²) in [4.78, 5) is 13.6. The van der Waals surface area contributed by atoms with Crippen LogP contribution in [0.4, 0.5) is 0 Å². The molecular formula is C29H22N2OS. The van der Waals surface area contributed by atoms with Crippen LogP contribution in [0.25, 0.3) is 43.0 Å². The molecule has 2 aromatic heterocycles. The SMILES string of the molecule is Cc1ccc2ccccc2c1Cn1c2cc(-c3cccs3)ccc2c2c(C(N)=O)cccc21. The zero-order chi connectivity index (χ0) is 22.5. The number of nitrogens with zero attached hydrogens (tertiary/aromatic N) is 1. The zero-order valence-corrected chi connectivity index (χ0v) is 19.0. The minimum Gasteiger partial charge on any atom is -0.366 e. The van der Waals surface area contributed by atoms with Gasteiger partial charge in [-0.1, -0.05) is 60.7 Å². The highest BCUT2D eigenvalue weighted by molar-refractivity contribution is 7.13. The summed E-state index contributed by atoms with van der Waals surface area (Å²) in [5.41, 5.74) is 12.2. The Balaban J connectivity index is 1.68. The number of hydrogen-bond donors (Lipinski definition) is 1. The molecule has 6 aromatic rings. The lowest BCUT2D eigenvalue weighted by Crippen LogP contribution is -2.11. The maximum absolute atomic E-state index is 12.3. The van der Waals surface area contributed by atoms with Gasteiger partial charge in [-0.3, -0.25) is 4.79 Å². The van der Waals surface area contributed by atoms with Crippen LogP contribution in [0.3, 0.4) is 0 Å². The van der Waals surface area contributed by atoms with Crippen LogP contribution in [-0.2, 0) is 6.54 Å². The number of hydrogen-bond acceptors (Lipinski definition) is 2. The molecule has 0 bridgehead atoms. The lowest BCUT2D eigenvalue weighted by molar-refractivity contribution is 0.100. The third-order valence-corrected chi connectivity index (χ3v) is 7.47. The largest absolute Gasteiger partial charge is 0.366 e. The predicted molar refractivity (Wildman–Crippen MR) is 139 cm³/mol. The van der Waals surface area contributed by atoms with Gasteiger partial charge in [0.15, 0.2) is 0 Å². The highest BCUT2D eigenvalue weighted by atomic mass is 32.1. The molecule has 0 spiro atoms. The first-order valence-electron chi connectivity index (χ1n) is 11.0. The molecule has 0 atom stereocenters. The lowest BCUT2D eigenvalue weighted by atomic mass is 9.99. The van der Waals surface area contributed by atoms with Crippen LogP contribution in [0, 0.1) is 6.92 Å². The van der Waals surface area contributed by atoms with Crippen LogP contribution < -0.4 is 5.73 Å². The van der Waals surface area contributed by atoms with E-state index in [0.29, 0.717) is 12.1 Å². The van der Waals surface area contributed by atoms with E-state index in [1.165, 1.54) is 32.3 Å². The van der Waals surface area contributed by atoms with Gasteiger partial charge in [0.2, 0.25) is 5.91 Å². The molecule has 0 fully saturated rings. The molecule has 160 valence electrons. The third-order valence-electron chi connectivity index (χ3n) is 6.55. The Labute approximate surface area is 195 Å². The number of carbonyl (C=O) groups excluding carboxylic acids is 1. The Hall–Kier alpha value is -3.89. The molecule has 0 aliphatic heterocycles. The molecule has 2 N–H and O–H groups in total. The van der Waals surface area contributed by atoms with Gasteiger partial charge >= 0.3 is 0 Å². The average Bonchev–Trinajstić information content (AvgIpc) is 3.47. The van der Waals surface area contributed by atoms with Gasteiger partial charge in [-0.2, -0.15) is 0 Å². The number of rotatable bonds is 4. The summed E-state index contributed by atoms with van der Waals surface area (Å²) in [6, 6.07) is 29.5. The standard InChI is InChI=1S/C29H22N2OS/c1-18-11-12-19-6-2-3-7-21(19)24(18)17-31-25-9-4-8-23(29(30)32)28(25)22-14-13-20(16-26(22)31)27-10-5-15-33-27/h2-16H,17H2,1H3,(H2,30,32). The van der Waals surface area contributed by atoms with Crippen molar-refractivity contribution in [1.82, 2.24) is 4.57 Å². The molecule has 3 nitrogen and oxygen atoms in total. The Morgan fingerprint density at radius 1 is 0.879 bits per heavy atom. The molecular weight excluding hydrogens is 424 g/mol. The monoisotopic (exact) mass is 446 g/mol. The second-order valence-corrected chi connectivity index (χ2v) is 9.39. The van der Waals surface area contributed by atoms with Crippen molar-refractivity contribution in [3.8, 4) is 10.4 Å². The lowest BCUT2D eigenvalue weighted by Gasteiger charge is -2.14. The van der Waals surface area contributed by atoms with Gasteiger partial charge in [0.25, 0.3) is 0 Å². The first-order chi connectivity index (χ1) is 16.1. The summed E-state index contributed by atoms with van der Waals surface area (Å²) in [6.45, 7) is 2.88. The highest BCUT2D eigenvalue weighted by Crippen LogP contribution is 2.36. The quantitative estimate of drug-likeness (QED) is 0.308. The van der Waals surface area contributed by atoms with Crippen molar-refractivity contribution < 1.29 is 4.79 Å². The first kappa shape index (κ1) is 19.8. The molecule has 33 heavy (non-hydrogen) atoms. The number of amides is 1. The van der Waals surface area contributed by atoms with Crippen molar-refractivity contribution in [1.29, 1.82) is 0 Å². The highest BCUT2D eigenvalue weighted by Gasteiger charge is 2.18. The smallest absolute Gasteiger partial charge is 0.249 e. The third kappa shape index (κ3) is 3.14. The van der Waals surface area contributed by atoms with E-state index in [9.17, 15) is 4.79 Å². The fourth-order valence-corrected chi connectivity index (χ4v) is 5.65. The summed E-state index contributed by atoms with van der Waals surface area (Å²) < 4.78 is 2.34. The normalized spacial score (nSPS) is 11.5. The molecule has 6 rings (SSSR count). The van der Waals surface area contributed by atoms with Gasteiger partial charge in [-0.15, -0.1) is 11.3 Å². The van der Waals surface area contributed by atoms with E-state index < -0.39 is 5.91 Å². The molecule has 0 unspecified atom stereocenters. The summed E-state index contributed by atoms with van der Waals surface area (Å²) in [6.07, 6.45) is 0. The van der Waals surface area contributed by atoms with E-state index >= 15 is 0 Å². The first-order valence-corrected chi connectivity index (χ1v) is 11.9. The molecule has 0 aliphatic rings. The van der Waals surface area contributed by atoms with Crippen LogP contribution in [0.2, 0.25) is 0 Å². The molecule has 0 radical (unpaired) electrons.